The summed E-state index contributed by atoms with van der Waals surface area (Å²) < 4.78 is 13.5. The monoisotopic (exact) mass is 235 g/mol. The predicted molar refractivity (Wildman–Crippen MR) is 63.2 cm³/mol. The van der Waals surface area contributed by atoms with Crippen LogP contribution < -0.4 is 17.0 Å². The normalized spacial score (nSPS) is 12.6. The summed E-state index contributed by atoms with van der Waals surface area (Å²) in [6.45, 7) is 0. The number of aromatic nitrogens is 2. The summed E-state index contributed by atoms with van der Waals surface area (Å²) in [5, 5.41) is 6.44. The molecule has 6 N–H and O–H groups in total. The molecule has 1 unspecified atom stereocenters. The Balaban J connectivity index is 2.22. The van der Waals surface area contributed by atoms with Crippen molar-refractivity contribution in [2.75, 3.05) is 5.73 Å². The maximum Gasteiger partial charge on any atom is 0.126 e. The SMILES string of the molecule is NNC(Cc1ccccc1F)c1cn[nH]c1N. The molecule has 1 aromatic carbocycles. The van der Waals surface area contributed by atoms with E-state index in [-0.39, 0.29) is 11.9 Å². The van der Waals surface area contributed by atoms with Crippen LogP contribution in [0.4, 0.5) is 10.2 Å². The second-order valence-corrected chi connectivity index (χ2v) is 3.75. The highest BCUT2D eigenvalue weighted by atomic mass is 19.1. The molecule has 0 aliphatic heterocycles. The quantitative estimate of drug-likeness (QED) is 0.467. The number of benzene rings is 1. The lowest BCUT2D eigenvalue weighted by Crippen LogP contribution is -2.30. The van der Waals surface area contributed by atoms with Gasteiger partial charge in [-0.15, -0.1) is 0 Å². The first-order chi connectivity index (χ1) is 8.22. The molecular weight excluding hydrogens is 221 g/mol. The third-order valence-corrected chi connectivity index (χ3v) is 2.66. The van der Waals surface area contributed by atoms with Crippen molar-refractivity contribution in [2.45, 2.75) is 12.5 Å². The van der Waals surface area contributed by atoms with Crippen molar-refractivity contribution in [1.29, 1.82) is 0 Å². The van der Waals surface area contributed by atoms with E-state index in [1.165, 1.54) is 6.07 Å². The van der Waals surface area contributed by atoms with Crippen LogP contribution in [0.5, 0.6) is 0 Å². The Morgan fingerprint density at radius 1 is 1.41 bits per heavy atom. The Hall–Kier alpha value is -1.92. The van der Waals surface area contributed by atoms with Gasteiger partial charge in [0.2, 0.25) is 0 Å². The number of aromatic amines is 1. The van der Waals surface area contributed by atoms with Crippen LogP contribution in [0.25, 0.3) is 0 Å². The second kappa shape index (κ2) is 4.94. The summed E-state index contributed by atoms with van der Waals surface area (Å²) in [5.74, 6) is 5.64. The van der Waals surface area contributed by atoms with Gasteiger partial charge in [0, 0.05) is 5.56 Å². The molecule has 6 heteroatoms. The number of hydrazine groups is 1. The molecule has 0 aliphatic rings. The van der Waals surface area contributed by atoms with Gasteiger partial charge in [0.1, 0.15) is 11.6 Å². The molecule has 0 bridgehead atoms. The Morgan fingerprint density at radius 3 is 2.76 bits per heavy atom. The van der Waals surface area contributed by atoms with Gasteiger partial charge in [0.05, 0.1) is 12.2 Å². The van der Waals surface area contributed by atoms with Gasteiger partial charge in [-0.2, -0.15) is 5.10 Å². The van der Waals surface area contributed by atoms with Crippen molar-refractivity contribution >= 4 is 5.82 Å². The number of hydrogen-bond acceptors (Lipinski definition) is 4. The van der Waals surface area contributed by atoms with Crippen molar-refractivity contribution in [1.82, 2.24) is 15.6 Å². The lowest BCUT2D eigenvalue weighted by Gasteiger charge is -2.15. The van der Waals surface area contributed by atoms with E-state index in [1.54, 1.807) is 24.4 Å². The fourth-order valence-electron chi connectivity index (χ4n) is 1.73. The molecule has 0 amide bonds. The third kappa shape index (κ3) is 2.43. The molecule has 2 rings (SSSR count). The molecular formula is C11H14FN5. The summed E-state index contributed by atoms with van der Waals surface area (Å²) >= 11 is 0. The lowest BCUT2D eigenvalue weighted by molar-refractivity contribution is 0.530. The molecule has 17 heavy (non-hydrogen) atoms. The highest BCUT2D eigenvalue weighted by molar-refractivity contribution is 5.40. The van der Waals surface area contributed by atoms with Crippen LogP contribution in [0.15, 0.2) is 30.5 Å². The first-order valence-corrected chi connectivity index (χ1v) is 5.20. The summed E-state index contributed by atoms with van der Waals surface area (Å²) in [6.07, 6.45) is 1.99. The van der Waals surface area contributed by atoms with Crippen molar-refractivity contribution in [3.8, 4) is 0 Å². The van der Waals surface area contributed by atoms with Crippen molar-refractivity contribution in [2.24, 2.45) is 5.84 Å². The fourth-order valence-corrected chi connectivity index (χ4v) is 1.73. The van der Waals surface area contributed by atoms with Crippen LogP contribution in [0.3, 0.4) is 0 Å². The third-order valence-electron chi connectivity index (χ3n) is 2.66. The Morgan fingerprint density at radius 2 is 2.18 bits per heavy atom. The number of H-pyrrole nitrogens is 1. The zero-order valence-corrected chi connectivity index (χ0v) is 9.15. The van der Waals surface area contributed by atoms with Gasteiger partial charge < -0.3 is 5.73 Å². The van der Waals surface area contributed by atoms with Crippen LogP contribution in [0.1, 0.15) is 17.2 Å². The van der Waals surface area contributed by atoms with Gasteiger partial charge in [0.15, 0.2) is 0 Å². The van der Waals surface area contributed by atoms with Gasteiger partial charge in [-0.3, -0.25) is 16.4 Å². The van der Waals surface area contributed by atoms with Gasteiger partial charge in [-0.25, -0.2) is 4.39 Å². The van der Waals surface area contributed by atoms with Gasteiger partial charge >= 0.3 is 0 Å². The minimum atomic E-state index is -0.273. The number of nitrogens with two attached hydrogens (primary N) is 2. The number of nitrogens with one attached hydrogen (secondary N) is 2. The number of hydrogen-bond donors (Lipinski definition) is 4. The van der Waals surface area contributed by atoms with E-state index >= 15 is 0 Å². The molecule has 0 spiro atoms. The second-order valence-electron chi connectivity index (χ2n) is 3.75. The molecule has 0 saturated heterocycles. The predicted octanol–water partition coefficient (Wildman–Crippen LogP) is 0.878. The first-order valence-electron chi connectivity index (χ1n) is 5.20. The Bertz CT molecular complexity index is 496. The highest BCUT2D eigenvalue weighted by Crippen LogP contribution is 2.22. The molecule has 0 saturated carbocycles. The molecule has 1 atom stereocenters. The average molecular weight is 235 g/mol. The van der Waals surface area contributed by atoms with E-state index in [2.05, 4.69) is 15.6 Å². The Labute approximate surface area is 98.0 Å². The van der Waals surface area contributed by atoms with Crippen molar-refractivity contribution in [3.63, 3.8) is 0 Å². The average Bonchev–Trinajstić information content (AvgIpc) is 2.75. The minimum Gasteiger partial charge on any atom is -0.384 e. The fraction of sp³-hybridized carbons (Fsp3) is 0.182. The molecule has 0 radical (unpaired) electrons. The summed E-state index contributed by atoms with van der Waals surface area (Å²) in [5.41, 5.74) is 9.63. The maximum absolute atomic E-state index is 13.5. The summed E-state index contributed by atoms with van der Waals surface area (Å²) in [4.78, 5) is 0. The molecule has 1 heterocycles. The largest absolute Gasteiger partial charge is 0.384 e. The molecule has 2 aromatic rings. The lowest BCUT2D eigenvalue weighted by atomic mass is 10.0. The summed E-state index contributed by atoms with van der Waals surface area (Å²) in [6, 6.07) is 6.30. The van der Waals surface area contributed by atoms with Crippen LogP contribution in [0.2, 0.25) is 0 Å². The molecule has 5 nitrogen and oxygen atoms in total. The van der Waals surface area contributed by atoms with E-state index < -0.39 is 0 Å². The number of nitrogen functional groups attached to an aromatic ring is 1. The van der Waals surface area contributed by atoms with Crippen LogP contribution in [-0.2, 0) is 6.42 Å². The van der Waals surface area contributed by atoms with Gasteiger partial charge in [-0.05, 0) is 18.1 Å². The molecule has 0 fully saturated rings. The number of rotatable bonds is 4. The van der Waals surface area contributed by atoms with Crippen LogP contribution >= 0.6 is 0 Å². The number of nitrogens with zero attached hydrogens (tertiary/aromatic N) is 1. The number of anilines is 1. The van der Waals surface area contributed by atoms with Crippen molar-refractivity contribution in [3.05, 3.63) is 47.4 Å². The van der Waals surface area contributed by atoms with Gasteiger partial charge in [-0.1, -0.05) is 18.2 Å². The van der Waals surface area contributed by atoms with E-state index in [0.717, 1.165) is 5.56 Å². The Kier molecular flexibility index (Phi) is 3.36. The van der Waals surface area contributed by atoms with E-state index in [0.29, 0.717) is 17.8 Å². The summed E-state index contributed by atoms with van der Waals surface area (Å²) in [7, 11) is 0. The first kappa shape index (κ1) is 11.6. The van der Waals surface area contributed by atoms with E-state index in [4.69, 9.17) is 11.6 Å². The minimum absolute atomic E-state index is 0.255. The maximum atomic E-state index is 13.5. The zero-order valence-electron chi connectivity index (χ0n) is 9.15. The number of halogens is 1. The van der Waals surface area contributed by atoms with E-state index in [1.807, 2.05) is 0 Å². The van der Waals surface area contributed by atoms with Crippen LogP contribution in [-0.4, -0.2) is 10.2 Å². The molecule has 90 valence electrons. The highest BCUT2D eigenvalue weighted by Gasteiger charge is 2.16. The van der Waals surface area contributed by atoms with Crippen LogP contribution in [0, 0.1) is 5.82 Å². The smallest absolute Gasteiger partial charge is 0.126 e. The standard InChI is InChI=1S/C11H14FN5/c12-9-4-2-1-3-7(9)5-10(16-14)8-6-15-17-11(8)13/h1-4,6,10,16H,5,14H2,(H3,13,15,17). The molecule has 0 aliphatic carbocycles. The zero-order chi connectivity index (χ0) is 12.3. The molecule has 1 aromatic heterocycles. The van der Waals surface area contributed by atoms with Gasteiger partial charge in [0.25, 0.3) is 0 Å². The van der Waals surface area contributed by atoms with Crippen molar-refractivity contribution < 1.29 is 4.39 Å². The topological polar surface area (TPSA) is 92.7 Å². The van der Waals surface area contributed by atoms with E-state index in [9.17, 15) is 4.39 Å².